The van der Waals surface area contributed by atoms with E-state index in [-0.39, 0.29) is 0 Å². The van der Waals surface area contributed by atoms with E-state index in [0.29, 0.717) is 0 Å². The van der Waals surface area contributed by atoms with Gasteiger partial charge in [0, 0.05) is 36.7 Å². The number of hydrogen-bond donors (Lipinski definition) is 1. The highest BCUT2D eigenvalue weighted by atomic mass is 32.1. The van der Waals surface area contributed by atoms with E-state index in [0.717, 1.165) is 49.0 Å². The van der Waals surface area contributed by atoms with Gasteiger partial charge in [0.05, 0.1) is 0 Å². The molecule has 2 N–H and O–H groups in total. The molecule has 0 fully saturated rings. The molecule has 0 aliphatic heterocycles. The molecule has 0 aliphatic rings. The molecule has 0 radical (unpaired) electrons. The fraction of sp³-hybridized carbons (Fsp3) is 0.467. The number of hydrogen-bond acceptors (Lipinski definition) is 5. The maximum absolute atomic E-state index is 5.73. The van der Waals surface area contributed by atoms with E-state index in [9.17, 15) is 0 Å². The van der Waals surface area contributed by atoms with Crippen LogP contribution in [0.3, 0.4) is 0 Å². The van der Waals surface area contributed by atoms with E-state index >= 15 is 0 Å². The van der Waals surface area contributed by atoms with Crippen molar-refractivity contribution >= 4 is 22.4 Å². The molecule has 0 saturated heterocycles. The fourth-order valence-corrected chi connectivity index (χ4v) is 2.79. The second kappa shape index (κ2) is 7.24. The normalized spacial score (nSPS) is 10.7. The van der Waals surface area contributed by atoms with Gasteiger partial charge < -0.3 is 10.6 Å². The van der Waals surface area contributed by atoms with Crippen molar-refractivity contribution in [1.82, 2.24) is 9.36 Å². The maximum Gasteiger partial charge on any atom is 0.205 e. The summed E-state index contributed by atoms with van der Waals surface area (Å²) in [5.74, 6) is 0.964. The van der Waals surface area contributed by atoms with Gasteiger partial charge in [-0.25, -0.2) is 4.98 Å². The number of nitrogens with two attached hydrogens (primary N) is 1. The van der Waals surface area contributed by atoms with Crippen molar-refractivity contribution in [3.05, 3.63) is 35.7 Å². The van der Waals surface area contributed by atoms with Crippen LogP contribution in [0, 0.1) is 0 Å². The minimum Gasteiger partial charge on any atom is -0.399 e. The van der Waals surface area contributed by atoms with E-state index in [2.05, 4.69) is 40.2 Å². The fourth-order valence-electron chi connectivity index (χ4n) is 2.05. The third kappa shape index (κ3) is 3.93. The lowest BCUT2D eigenvalue weighted by atomic mass is 10.2. The second-order valence-corrected chi connectivity index (χ2v) is 5.64. The molecule has 5 heteroatoms. The molecular weight excluding hydrogens is 268 g/mol. The number of nitrogen functional groups attached to an aromatic ring is 1. The van der Waals surface area contributed by atoms with Gasteiger partial charge in [0.2, 0.25) is 5.13 Å². The van der Waals surface area contributed by atoms with Crippen LogP contribution in [0.2, 0.25) is 0 Å². The highest BCUT2D eigenvalue weighted by molar-refractivity contribution is 7.09. The summed E-state index contributed by atoms with van der Waals surface area (Å²) in [6.45, 7) is 6.18. The largest absolute Gasteiger partial charge is 0.399 e. The number of rotatable bonds is 7. The molecule has 4 nitrogen and oxygen atoms in total. The van der Waals surface area contributed by atoms with Crippen LogP contribution in [0.25, 0.3) is 0 Å². The number of aryl methyl sites for hydroxylation is 1. The van der Waals surface area contributed by atoms with Gasteiger partial charge in [-0.05, 0) is 30.5 Å². The number of anilines is 2. The van der Waals surface area contributed by atoms with E-state index in [1.54, 1.807) is 0 Å². The molecule has 0 unspecified atom stereocenters. The molecule has 0 amide bonds. The molecule has 1 aromatic heterocycles. The highest BCUT2D eigenvalue weighted by Gasteiger charge is 2.12. The Morgan fingerprint density at radius 1 is 1.15 bits per heavy atom. The first-order valence-electron chi connectivity index (χ1n) is 7.14. The van der Waals surface area contributed by atoms with E-state index in [1.807, 2.05) is 12.1 Å². The Morgan fingerprint density at radius 3 is 2.55 bits per heavy atom. The van der Waals surface area contributed by atoms with Crippen molar-refractivity contribution < 1.29 is 0 Å². The molecule has 20 heavy (non-hydrogen) atoms. The lowest BCUT2D eigenvalue weighted by Crippen LogP contribution is -2.23. The molecule has 0 saturated carbocycles. The Kier molecular flexibility index (Phi) is 5.35. The van der Waals surface area contributed by atoms with Crippen molar-refractivity contribution in [1.29, 1.82) is 0 Å². The van der Waals surface area contributed by atoms with Crippen molar-refractivity contribution in [2.75, 3.05) is 17.2 Å². The van der Waals surface area contributed by atoms with Gasteiger partial charge in [0.25, 0.3) is 0 Å². The van der Waals surface area contributed by atoms with Crippen molar-refractivity contribution in [2.24, 2.45) is 0 Å². The first-order valence-corrected chi connectivity index (χ1v) is 7.92. The quantitative estimate of drug-likeness (QED) is 0.793. The van der Waals surface area contributed by atoms with E-state index in [4.69, 9.17) is 5.73 Å². The molecule has 2 aromatic rings. The molecule has 1 aromatic carbocycles. The van der Waals surface area contributed by atoms with Crippen LogP contribution < -0.4 is 10.6 Å². The standard InChI is InChI=1S/C15H22N4S/c1-3-5-14-17-15(20-18-14)19(10-4-2)11-12-6-8-13(16)9-7-12/h6-9H,3-5,10-11,16H2,1-2H3. The van der Waals surface area contributed by atoms with Crippen LogP contribution in [0.4, 0.5) is 10.8 Å². The summed E-state index contributed by atoms with van der Waals surface area (Å²) < 4.78 is 4.43. The Labute approximate surface area is 124 Å². The summed E-state index contributed by atoms with van der Waals surface area (Å²) in [6, 6.07) is 8.04. The van der Waals surface area contributed by atoms with Crippen LogP contribution in [-0.2, 0) is 13.0 Å². The summed E-state index contributed by atoms with van der Waals surface area (Å²) in [5.41, 5.74) is 7.78. The van der Waals surface area contributed by atoms with Gasteiger partial charge in [-0.15, -0.1) is 0 Å². The van der Waals surface area contributed by atoms with Crippen LogP contribution in [0.5, 0.6) is 0 Å². The van der Waals surface area contributed by atoms with Crippen molar-refractivity contribution in [3.8, 4) is 0 Å². The average molecular weight is 290 g/mol. The molecule has 0 bridgehead atoms. The topological polar surface area (TPSA) is 55.0 Å². The summed E-state index contributed by atoms with van der Waals surface area (Å²) >= 11 is 1.50. The minimum atomic E-state index is 0.803. The van der Waals surface area contributed by atoms with Gasteiger partial charge >= 0.3 is 0 Å². The van der Waals surface area contributed by atoms with E-state index in [1.165, 1.54) is 17.1 Å². The zero-order valence-corrected chi connectivity index (χ0v) is 13.0. The third-order valence-electron chi connectivity index (χ3n) is 3.05. The zero-order valence-electron chi connectivity index (χ0n) is 12.2. The first-order chi connectivity index (χ1) is 9.72. The Morgan fingerprint density at radius 2 is 1.90 bits per heavy atom. The molecule has 0 atom stereocenters. The minimum absolute atomic E-state index is 0.803. The van der Waals surface area contributed by atoms with Gasteiger partial charge in [-0.3, -0.25) is 0 Å². The maximum atomic E-state index is 5.73. The Bertz CT molecular complexity index is 521. The first kappa shape index (κ1) is 14.8. The number of nitrogens with zero attached hydrogens (tertiary/aromatic N) is 3. The molecule has 0 spiro atoms. The van der Waals surface area contributed by atoms with Crippen LogP contribution >= 0.6 is 11.5 Å². The van der Waals surface area contributed by atoms with Crippen molar-refractivity contribution in [2.45, 2.75) is 39.7 Å². The summed E-state index contributed by atoms with van der Waals surface area (Å²) in [6.07, 6.45) is 3.14. The lowest BCUT2D eigenvalue weighted by molar-refractivity contribution is 0.758. The van der Waals surface area contributed by atoms with Crippen molar-refractivity contribution in [3.63, 3.8) is 0 Å². The van der Waals surface area contributed by atoms with E-state index < -0.39 is 0 Å². The van der Waals surface area contributed by atoms with Gasteiger partial charge in [-0.2, -0.15) is 4.37 Å². The predicted octanol–water partition coefficient (Wildman–Crippen LogP) is 3.49. The average Bonchev–Trinajstić information content (AvgIpc) is 2.90. The molecule has 1 heterocycles. The predicted molar refractivity (Wildman–Crippen MR) is 86.1 cm³/mol. The Balaban J connectivity index is 2.10. The molecule has 0 aliphatic carbocycles. The molecule has 108 valence electrons. The zero-order chi connectivity index (χ0) is 14.4. The van der Waals surface area contributed by atoms with Crippen LogP contribution in [0.15, 0.2) is 24.3 Å². The monoisotopic (exact) mass is 290 g/mol. The number of benzene rings is 1. The van der Waals surface area contributed by atoms with Crippen LogP contribution in [0.1, 0.15) is 38.1 Å². The van der Waals surface area contributed by atoms with Gasteiger partial charge in [-0.1, -0.05) is 26.0 Å². The van der Waals surface area contributed by atoms with Gasteiger partial charge in [0.15, 0.2) is 0 Å². The number of aromatic nitrogens is 2. The smallest absolute Gasteiger partial charge is 0.205 e. The molecular formula is C15H22N4S. The summed E-state index contributed by atoms with van der Waals surface area (Å²) in [4.78, 5) is 6.94. The Hall–Kier alpha value is -1.62. The summed E-state index contributed by atoms with van der Waals surface area (Å²) in [5, 5.41) is 1.02. The summed E-state index contributed by atoms with van der Waals surface area (Å²) in [7, 11) is 0. The second-order valence-electron chi connectivity index (χ2n) is 4.91. The SMILES string of the molecule is CCCc1nsc(N(CCC)Cc2ccc(N)cc2)n1. The van der Waals surface area contributed by atoms with Crippen LogP contribution in [-0.4, -0.2) is 15.9 Å². The lowest BCUT2D eigenvalue weighted by Gasteiger charge is -2.20. The third-order valence-corrected chi connectivity index (χ3v) is 3.86. The molecule has 2 rings (SSSR count). The highest BCUT2D eigenvalue weighted by Crippen LogP contribution is 2.21. The van der Waals surface area contributed by atoms with Gasteiger partial charge in [0.1, 0.15) is 5.82 Å².